The maximum Gasteiger partial charge on any atom is 0.354 e. The van der Waals surface area contributed by atoms with Crippen LogP contribution < -0.4 is 22.5 Å². The van der Waals surface area contributed by atoms with Gasteiger partial charge < -0.3 is 21.3 Å². The van der Waals surface area contributed by atoms with Crippen LogP contribution in [0.5, 0.6) is 0 Å². The Morgan fingerprint density at radius 1 is 1.08 bits per heavy atom. The van der Waals surface area contributed by atoms with Crippen LogP contribution in [0.25, 0.3) is 5.69 Å². The lowest BCUT2D eigenvalue weighted by molar-refractivity contribution is -0.137. The minimum atomic E-state index is -0.944. The molecule has 0 saturated carbocycles. The van der Waals surface area contributed by atoms with Gasteiger partial charge in [-0.15, -0.1) is 12.4 Å². The average Bonchev–Trinajstić information content (AvgIpc) is 2.87. The highest BCUT2D eigenvalue weighted by Crippen LogP contribution is 2.30. The highest BCUT2D eigenvalue weighted by Gasteiger charge is 2.34. The largest absolute Gasteiger partial charge is 0.354 e. The van der Waals surface area contributed by atoms with Crippen LogP contribution >= 0.6 is 12.4 Å². The zero-order chi connectivity index (χ0) is 27.0. The fourth-order valence-electron chi connectivity index (χ4n) is 5.62. The standard InChI is InChI=1S/C27H38N8O3.ClH/c1-27(2,29)24(36)32-9-11-33(12-10-32)25(37)30-23-7-8-35(26(38)31-23)22-6-4-19-3-5-21(13-20(19)14-22)34-16-18(15-28)17-34;/h4,6-8,14,18,21H,3,5,9-13,15-17,28-29H2,1-2H3,(H,30,31,37,38);1H. The minimum absolute atomic E-state index is 0. The zero-order valence-electron chi connectivity index (χ0n) is 22.6. The molecule has 3 amide bonds. The Balaban J connectivity index is 0.00000353. The molecule has 2 fully saturated rings. The van der Waals surface area contributed by atoms with Crippen molar-refractivity contribution < 1.29 is 9.59 Å². The molecule has 39 heavy (non-hydrogen) atoms. The zero-order valence-corrected chi connectivity index (χ0v) is 23.5. The lowest BCUT2D eigenvalue weighted by Crippen LogP contribution is -2.58. The Morgan fingerprint density at radius 2 is 1.77 bits per heavy atom. The quantitative estimate of drug-likeness (QED) is 0.493. The summed E-state index contributed by atoms with van der Waals surface area (Å²) in [5.74, 6) is 0.674. The summed E-state index contributed by atoms with van der Waals surface area (Å²) in [6, 6.07) is 7.96. The van der Waals surface area contributed by atoms with Crippen LogP contribution in [-0.2, 0) is 17.6 Å². The Morgan fingerprint density at radius 3 is 2.41 bits per heavy atom. The van der Waals surface area contributed by atoms with Gasteiger partial charge in [0.1, 0.15) is 5.82 Å². The molecule has 1 atom stereocenters. The summed E-state index contributed by atoms with van der Waals surface area (Å²) in [7, 11) is 0. The van der Waals surface area contributed by atoms with Crippen molar-refractivity contribution in [3.8, 4) is 5.69 Å². The summed E-state index contributed by atoms with van der Waals surface area (Å²) in [5, 5.41) is 2.71. The molecular weight excluding hydrogens is 520 g/mol. The van der Waals surface area contributed by atoms with Crippen LogP contribution in [0.2, 0.25) is 0 Å². The van der Waals surface area contributed by atoms with Gasteiger partial charge in [0.05, 0.1) is 11.2 Å². The first kappa shape index (κ1) is 29.0. The number of benzene rings is 1. The lowest BCUT2D eigenvalue weighted by Gasteiger charge is -2.45. The van der Waals surface area contributed by atoms with Gasteiger partial charge in [-0.25, -0.2) is 9.59 Å². The number of anilines is 1. The fourth-order valence-corrected chi connectivity index (χ4v) is 5.62. The number of urea groups is 1. The van der Waals surface area contributed by atoms with E-state index in [-0.39, 0.29) is 30.2 Å². The summed E-state index contributed by atoms with van der Waals surface area (Å²) >= 11 is 0. The number of likely N-dealkylation sites (tertiary alicyclic amines) is 1. The SMILES string of the molecule is CC(C)(N)C(=O)N1CCN(C(=O)Nc2ccn(-c3ccc4c(c3)CC(N3CC(CN)C3)CC4)c(=O)n2)CC1.Cl. The molecule has 5 N–H and O–H groups in total. The summed E-state index contributed by atoms with van der Waals surface area (Å²) in [6.45, 7) is 7.83. The average molecular weight is 559 g/mol. The molecule has 1 aliphatic carbocycles. The first-order valence-electron chi connectivity index (χ1n) is 13.4. The summed E-state index contributed by atoms with van der Waals surface area (Å²) in [5.41, 5.74) is 13.7. The molecule has 1 unspecified atom stereocenters. The van der Waals surface area contributed by atoms with Gasteiger partial charge in [-0.05, 0) is 74.9 Å². The molecule has 3 heterocycles. The third-order valence-corrected chi connectivity index (χ3v) is 7.95. The van der Waals surface area contributed by atoms with E-state index in [2.05, 4.69) is 27.3 Å². The van der Waals surface area contributed by atoms with Crippen molar-refractivity contribution >= 4 is 30.2 Å². The summed E-state index contributed by atoms with van der Waals surface area (Å²) < 4.78 is 1.51. The molecule has 2 aromatic rings. The van der Waals surface area contributed by atoms with Gasteiger partial charge in [-0.1, -0.05) is 6.07 Å². The van der Waals surface area contributed by atoms with Gasteiger partial charge in [-0.3, -0.25) is 19.6 Å². The number of aromatic nitrogens is 2. The second kappa shape index (κ2) is 11.6. The Kier molecular flexibility index (Phi) is 8.65. The number of carbonyl (C=O) groups excluding carboxylic acids is 2. The van der Waals surface area contributed by atoms with Crippen LogP contribution in [-0.4, -0.2) is 93.6 Å². The van der Waals surface area contributed by atoms with Crippen LogP contribution in [0.15, 0.2) is 35.3 Å². The lowest BCUT2D eigenvalue weighted by atomic mass is 9.84. The van der Waals surface area contributed by atoms with Gasteiger partial charge in [-0.2, -0.15) is 4.98 Å². The van der Waals surface area contributed by atoms with Gasteiger partial charge in [0.25, 0.3) is 0 Å². The normalized spacial score (nSPS) is 20.1. The Bertz CT molecular complexity index is 1260. The highest BCUT2D eigenvalue weighted by molar-refractivity contribution is 5.89. The van der Waals surface area contributed by atoms with E-state index in [0.717, 1.165) is 44.6 Å². The molecule has 0 radical (unpaired) electrons. The number of hydrogen-bond acceptors (Lipinski definition) is 7. The second-order valence-corrected chi connectivity index (χ2v) is 11.3. The molecule has 0 bridgehead atoms. The van der Waals surface area contributed by atoms with Crippen LogP contribution in [0.1, 0.15) is 31.4 Å². The van der Waals surface area contributed by atoms with Gasteiger partial charge >= 0.3 is 11.7 Å². The first-order chi connectivity index (χ1) is 18.1. The van der Waals surface area contributed by atoms with Crippen molar-refractivity contribution in [2.24, 2.45) is 17.4 Å². The van der Waals surface area contributed by atoms with Crippen molar-refractivity contribution in [2.45, 2.75) is 44.7 Å². The number of nitrogens with two attached hydrogens (primary N) is 2. The van der Waals surface area contributed by atoms with Crippen LogP contribution in [0, 0.1) is 5.92 Å². The maximum atomic E-state index is 12.9. The highest BCUT2D eigenvalue weighted by atomic mass is 35.5. The van der Waals surface area contributed by atoms with E-state index in [1.54, 1.807) is 35.9 Å². The van der Waals surface area contributed by atoms with Crippen molar-refractivity contribution in [1.29, 1.82) is 0 Å². The Labute approximate surface area is 234 Å². The van der Waals surface area contributed by atoms with Crippen molar-refractivity contribution in [3.63, 3.8) is 0 Å². The van der Waals surface area contributed by atoms with Crippen molar-refractivity contribution in [3.05, 3.63) is 52.1 Å². The Hall–Kier alpha value is -2.99. The topological polar surface area (TPSA) is 143 Å². The van der Waals surface area contributed by atoms with Crippen molar-refractivity contribution in [2.75, 3.05) is 51.1 Å². The number of nitrogens with one attached hydrogen (secondary N) is 1. The van der Waals surface area contributed by atoms with E-state index in [1.807, 2.05) is 6.07 Å². The van der Waals surface area contributed by atoms with E-state index in [9.17, 15) is 14.4 Å². The van der Waals surface area contributed by atoms with Crippen molar-refractivity contribution in [1.82, 2.24) is 24.3 Å². The van der Waals surface area contributed by atoms with E-state index < -0.39 is 11.2 Å². The summed E-state index contributed by atoms with van der Waals surface area (Å²) in [4.78, 5) is 47.9. The number of piperazine rings is 1. The van der Waals surface area contributed by atoms with E-state index in [0.29, 0.717) is 38.1 Å². The van der Waals surface area contributed by atoms with E-state index in [1.165, 1.54) is 15.7 Å². The van der Waals surface area contributed by atoms with Gasteiger partial charge in [0.15, 0.2) is 0 Å². The number of amides is 3. The second-order valence-electron chi connectivity index (χ2n) is 11.3. The molecular formula is C27H39ClN8O3. The molecule has 2 aliphatic heterocycles. The van der Waals surface area contributed by atoms with E-state index >= 15 is 0 Å². The smallest absolute Gasteiger partial charge is 0.338 e. The molecule has 5 rings (SSSR count). The molecule has 1 aromatic heterocycles. The first-order valence-corrected chi connectivity index (χ1v) is 13.4. The molecule has 11 nitrogen and oxygen atoms in total. The fraction of sp³-hybridized carbons (Fsp3) is 0.556. The molecule has 3 aliphatic rings. The molecule has 1 aromatic carbocycles. The monoisotopic (exact) mass is 558 g/mol. The molecule has 212 valence electrons. The third-order valence-electron chi connectivity index (χ3n) is 7.95. The maximum absolute atomic E-state index is 12.9. The number of nitrogens with zero attached hydrogens (tertiary/aromatic N) is 5. The predicted molar refractivity (Wildman–Crippen MR) is 152 cm³/mol. The van der Waals surface area contributed by atoms with Crippen LogP contribution in [0.4, 0.5) is 10.6 Å². The molecule has 12 heteroatoms. The molecule has 2 saturated heterocycles. The number of hydrogen-bond donors (Lipinski definition) is 3. The van der Waals surface area contributed by atoms with Crippen LogP contribution in [0.3, 0.4) is 0 Å². The van der Waals surface area contributed by atoms with E-state index in [4.69, 9.17) is 11.5 Å². The van der Waals surface area contributed by atoms with Gasteiger partial charge in [0.2, 0.25) is 5.91 Å². The molecule has 0 spiro atoms. The van der Waals surface area contributed by atoms with Gasteiger partial charge in [0, 0.05) is 51.5 Å². The number of aryl methyl sites for hydroxylation is 1. The number of fused-ring (bicyclic) bond motifs is 1. The minimum Gasteiger partial charge on any atom is -0.338 e. The third kappa shape index (κ3) is 6.27. The predicted octanol–water partition coefficient (Wildman–Crippen LogP) is 0.816. The number of carbonyl (C=O) groups is 2. The number of halogens is 1. The summed E-state index contributed by atoms with van der Waals surface area (Å²) in [6.07, 6.45) is 4.80. The number of rotatable bonds is 5.